The van der Waals surface area contributed by atoms with Gasteiger partial charge in [0, 0.05) is 42.3 Å². The van der Waals surface area contributed by atoms with Crippen molar-refractivity contribution in [2.24, 2.45) is 5.73 Å². The number of methoxy groups -OCH3 is 1. The maximum Gasteiger partial charge on any atom is 0.252 e. The molecular weight excluding hydrogens is 418 g/mol. The Labute approximate surface area is 192 Å². The van der Waals surface area contributed by atoms with Gasteiger partial charge >= 0.3 is 0 Å². The van der Waals surface area contributed by atoms with Crippen LogP contribution in [0, 0.1) is 0 Å². The minimum absolute atomic E-state index is 0.310. The molecule has 0 fully saturated rings. The Balaban J connectivity index is 1.67. The second-order valence-corrected chi connectivity index (χ2v) is 7.57. The van der Waals surface area contributed by atoms with Gasteiger partial charge in [-0.3, -0.25) is 9.78 Å². The molecule has 0 spiro atoms. The van der Waals surface area contributed by atoms with Crippen molar-refractivity contribution in [3.63, 3.8) is 0 Å². The van der Waals surface area contributed by atoms with Gasteiger partial charge in [0.15, 0.2) is 11.5 Å². The fraction of sp³-hybridized carbons (Fsp3) is 0.240. The number of carbonyl (C=O) groups excluding carboxylic acids is 1. The maximum atomic E-state index is 12.2. The van der Waals surface area contributed by atoms with Gasteiger partial charge in [-0.15, -0.1) is 0 Å². The van der Waals surface area contributed by atoms with Crippen LogP contribution >= 0.6 is 0 Å². The summed E-state index contributed by atoms with van der Waals surface area (Å²) in [6.07, 6.45) is 8.61. The van der Waals surface area contributed by atoms with Gasteiger partial charge in [-0.2, -0.15) is 0 Å². The molecule has 0 aliphatic heterocycles. The molecule has 33 heavy (non-hydrogen) atoms. The molecule has 0 atom stereocenters. The molecule has 0 saturated heterocycles. The molecule has 4 aromatic rings. The van der Waals surface area contributed by atoms with E-state index in [-0.39, 0.29) is 0 Å². The highest BCUT2D eigenvalue weighted by Gasteiger charge is 2.18. The fourth-order valence-electron chi connectivity index (χ4n) is 3.73. The second-order valence-electron chi connectivity index (χ2n) is 7.57. The van der Waals surface area contributed by atoms with Crippen LogP contribution in [0.3, 0.4) is 0 Å². The molecule has 0 aliphatic carbocycles. The van der Waals surface area contributed by atoms with Gasteiger partial charge < -0.3 is 25.1 Å². The number of aryl methyl sites for hydroxylation is 2. The number of para-hydroxylation sites is 1. The highest BCUT2D eigenvalue weighted by atomic mass is 16.5. The van der Waals surface area contributed by atoms with Crippen molar-refractivity contribution in [3.05, 3.63) is 72.4 Å². The highest BCUT2D eigenvalue weighted by molar-refractivity contribution is 6.08. The van der Waals surface area contributed by atoms with E-state index in [0.29, 0.717) is 34.9 Å². The number of nitrogens with one attached hydrogen (secondary N) is 1. The summed E-state index contributed by atoms with van der Waals surface area (Å²) in [4.78, 5) is 20.7. The Kier molecular flexibility index (Phi) is 6.73. The van der Waals surface area contributed by atoms with Gasteiger partial charge in [-0.25, -0.2) is 4.98 Å². The average molecular weight is 446 g/mol. The highest BCUT2D eigenvalue weighted by Crippen LogP contribution is 2.37. The number of hydrogen-bond donors (Lipinski definition) is 2. The van der Waals surface area contributed by atoms with Crippen LogP contribution in [-0.2, 0) is 13.0 Å². The van der Waals surface area contributed by atoms with Crippen LogP contribution < -0.4 is 20.5 Å². The summed E-state index contributed by atoms with van der Waals surface area (Å²) in [6, 6.07) is 11.6. The molecule has 4 rings (SSSR count). The Hall–Kier alpha value is -4.07. The van der Waals surface area contributed by atoms with E-state index in [1.807, 2.05) is 47.2 Å². The van der Waals surface area contributed by atoms with Gasteiger partial charge in [0.25, 0.3) is 5.91 Å². The first-order chi connectivity index (χ1) is 16.1. The smallest absolute Gasteiger partial charge is 0.252 e. The molecule has 8 nitrogen and oxygen atoms in total. The van der Waals surface area contributed by atoms with Crippen LogP contribution in [0.25, 0.3) is 10.9 Å². The monoisotopic (exact) mass is 445 g/mol. The molecular formula is C25H27N5O3. The van der Waals surface area contributed by atoms with Crippen molar-refractivity contribution >= 4 is 28.2 Å². The lowest BCUT2D eigenvalue weighted by Gasteiger charge is -2.17. The number of carbonyl (C=O) groups is 1. The van der Waals surface area contributed by atoms with Crippen molar-refractivity contribution in [1.29, 1.82) is 0 Å². The van der Waals surface area contributed by atoms with E-state index < -0.39 is 5.91 Å². The van der Waals surface area contributed by atoms with Crippen LogP contribution in [0.1, 0.15) is 29.3 Å². The SMILES string of the molecule is CCc1ccccc1Nc1c(C(N)=O)cnc2cc(OCCCn3ccnc3)c(OC)cc12. The van der Waals surface area contributed by atoms with E-state index in [4.69, 9.17) is 15.2 Å². The van der Waals surface area contributed by atoms with Gasteiger partial charge in [0.2, 0.25) is 0 Å². The summed E-state index contributed by atoms with van der Waals surface area (Å²) in [7, 11) is 1.59. The maximum absolute atomic E-state index is 12.2. The lowest BCUT2D eigenvalue weighted by atomic mass is 10.1. The number of pyridine rings is 1. The largest absolute Gasteiger partial charge is 0.493 e. The molecule has 1 amide bonds. The first kappa shape index (κ1) is 22.1. The molecule has 8 heteroatoms. The van der Waals surface area contributed by atoms with Crippen LogP contribution in [0.5, 0.6) is 11.5 Å². The zero-order valence-corrected chi connectivity index (χ0v) is 18.7. The summed E-state index contributed by atoms with van der Waals surface area (Å²) >= 11 is 0. The van der Waals surface area contributed by atoms with E-state index in [2.05, 4.69) is 22.2 Å². The predicted molar refractivity (Wildman–Crippen MR) is 128 cm³/mol. The number of nitrogens with two attached hydrogens (primary N) is 1. The van der Waals surface area contributed by atoms with E-state index >= 15 is 0 Å². The zero-order valence-electron chi connectivity index (χ0n) is 18.7. The normalized spacial score (nSPS) is 10.8. The standard InChI is InChI=1S/C25H27N5O3/c1-3-17-7-4-5-8-20(17)29-24-18-13-22(32-2)23(14-21(18)28-15-19(24)25(26)31)33-12-6-10-30-11-9-27-16-30/h4-5,7-9,11,13-16H,3,6,10,12H2,1-2H3,(H2,26,31)(H,28,29). The average Bonchev–Trinajstić information content (AvgIpc) is 3.35. The van der Waals surface area contributed by atoms with Crippen LogP contribution in [0.4, 0.5) is 11.4 Å². The Morgan fingerprint density at radius 1 is 1.21 bits per heavy atom. The number of fused-ring (bicyclic) bond motifs is 1. The third kappa shape index (κ3) is 4.90. The van der Waals surface area contributed by atoms with Gasteiger partial charge in [0.1, 0.15) is 0 Å². The summed E-state index contributed by atoms with van der Waals surface area (Å²) in [5, 5.41) is 4.13. The number of hydrogen-bond acceptors (Lipinski definition) is 6. The lowest BCUT2D eigenvalue weighted by Crippen LogP contribution is -2.14. The summed E-state index contributed by atoms with van der Waals surface area (Å²) in [5.41, 5.74) is 9.28. The first-order valence-electron chi connectivity index (χ1n) is 10.8. The molecule has 0 saturated carbocycles. The van der Waals surface area contributed by atoms with Gasteiger partial charge in [-0.05, 0) is 30.5 Å². The Morgan fingerprint density at radius 3 is 2.79 bits per heavy atom. The summed E-state index contributed by atoms with van der Waals surface area (Å²) < 4.78 is 13.6. The number of primary amides is 1. The van der Waals surface area contributed by atoms with E-state index in [1.165, 1.54) is 6.20 Å². The molecule has 2 aromatic heterocycles. The number of rotatable bonds is 10. The third-order valence-corrected chi connectivity index (χ3v) is 5.45. The van der Waals surface area contributed by atoms with Crippen molar-refractivity contribution in [2.45, 2.75) is 26.3 Å². The zero-order chi connectivity index (χ0) is 23.2. The first-order valence-corrected chi connectivity index (χ1v) is 10.8. The molecule has 2 heterocycles. The Bertz CT molecular complexity index is 1250. The number of benzene rings is 2. The predicted octanol–water partition coefficient (Wildman–Crippen LogP) is 4.31. The summed E-state index contributed by atoms with van der Waals surface area (Å²) in [6.45, 7) is 3.40. The molecule has 0 radical (unpaired) electrons. The fourth-order valence-corrected chi connectivity index (χ4v) is 3.73. The van der Waals surface area contributed by atoms with Crippen LogP contribution in [-0.4, -0.2) is 34.2 Å². The number of ether oxygens (including phenoxy) is 2. The number of amides is 1. The lowest BCUT2D eigenvalue weighted by molar-refractivity contribution is 0.100. The molecule has 0 unspecified atom stereocenters. The molecule has 2 aromatic carbocycles. The minimum atomic E-state index is -0.556. The van der Waals surface area contributed by atoms with Crippen LogP contribution in [0.15, 0.2) is 61.3 Å². The topological polar surface area (TPSA) is 104 Å². The van der Waals surface area contributed by atoms with E-state index in [1.54, 1.807) is 19.6 Å². The van der Waals surface area contributed by atoms with Crippen molar-refractivity contribution in [2.75, 3.05) is 19.0 Å². The minimum Gasteiger partial charge on any atom is -0.493 e. The summed E-state index contributed by atoms with van der Waals surface area (Å²) in [5.74, 6) is 0.593. The van der Waals surface area contributed by atoms with Gasteiger partial charge in [0.05, 0.1) is 36.8 Å². The number of nitrogens with zero attached hydrogens (tertiary/aromatic N) is 3. The van der Waals surface area contributed by atoms with Gasteiger partial charge in [-0.1, -0.05) is 25.1 Å². The Morgan fingerprint density at radius 2 is 2.06 bits per heavy atom. The number of anilines is 2. The van der Waals surface area contributed by atoms with Crippen molar-refractivity contribution < 1.29 is 14.3 Å². The van der Waals surface area contributed by atoms with Crippen molar-refractivity contribution in [1.82, 2.24) is 14.5 Å². The van der Waals surface area contributed by atoms with E-state index in [0.717, 1.165) is 36.0 Å². The number of imidazole rings is 1. The van der Waals surface area contributed by atoms with E-state index in [9.17, 15) is 4.79 Å². The second kappa shape index (κ2) is 10.0. The molecule has 0 bridgehead atoms. The van der Waals surface area contributed by atoms with Crippen LogP contribution in [0.2, 0.25) is 0 Å². The molecule has 170 valence electrons. The third-order valence-electron chi connectivity index (χ3n) is 5.45. The quantitative estimate of drug-likeness (QED) is 0.353. The van der Waals surface area contributed by atoms with Crippen molar-refractivity contribution in [3.8, 4) is 11.5 Å². The molecule has 0 aliphatic rings. The number of aromatic nitrogens is 3. The molecule has 3 N–H and O–H groups in total.